The lowest BCUT2D eigenvalue weighted by molar-refractivity contribution is -0.118. The van der Waals surface area contributed by atoms with Crippen LogP contribution in [0, 0.1) is 0 Å². The second kappa shape index (κ2) is 6.30. The number of halogens is 1. The van der Waals surface area contributed by atoms with Crippen LogP contribution in [0.25, 0.3) is 0 Å². The summed E-state index contributed by atoms with van der Waals surface area (Å²) in [5.41, 5.74) is 2.00. The van der Waals surface area contributed by atoms with E-state index in [0.29, 0.717) is 18.1 Å². The molecule has 1 saturated carbocycles. The Morgan fingerprint density at radius 3 is 2.80 bits per heavy atom. The van der Waals surface area contributed by atoms with E-state index in [1.807, 2.05) is 17.0 Å². The summed E-state index contributed by atoms with van der Waals surface area (Å²) in [6.45, 7) is 1.03. The van der Waals surface area contributed by atoms with Crippen molar-refractivity contribution in [3.8, 4) is 0 Å². The fourth-order valence-corrected chi connectivity index (χ4v) is 4.55. The number of carbonyl (C=O) groups excluding carboxylic acids is 1. The number of amides is 1. The number of aryl methyl sites for hydroxylation is 1. The summed E-state index contributed by atoms with van der Waals surface area (Å²) in [7, 11) is 0. The van der Waals surface area contributed by atoms with Gasteiger partial charge in [0.1, 0.15) is 0 Å². The standard InChI is InChI=1S/C19H20ClN3O2/c20-15-5-3-4-14-18(15)23(12-19(14)8-1-2-9-19)17(25)7-11-22-13-21-10-6-16(22)24/h3-6,10,13H,1-2,7-9,11-12H2. The van der Waals surface area contributed by atoms with Gasteiger partial charge in [-0.15, -0.1) is 0 Å². The summed E-state index contributed by atoms with van der Waals surface area (Å²) in [6, 6.07) is 7.34. The minimum atomic E-state index is -0.144. The van der Waals surface area contributed by atoms with Crippen molar-refractivity contribution < 1.29 is 4.79 Å². The molecule has 1 aliphatic carbocycles. The Hall–Kier alpha value is -2.14. The first-order valence-electron chi connectivity index (χ1n) is 8.71. The number of hydrogen-bond acceptors (Lipinski definition) is 3. The topological polar surface area (TPSA) is 55.2 Å². The molecule has 4 rings (SSSR count). The summed E-state index contributed by atoms with van der Waals surface area (Å²) in [5, 5.41) is 0.633. The first-order chi connectivity index (χ1) is 12.1. The zero-order valence-electron chi connectivity index (χ0n) is 13.9. The third-order valence-corrected chi connectivity index (χ3v) is 5.81. The Morgan fingerprint density at radius 1 is 1.24 bits per heavy atom. The van der Waals surface area contributed by atoms with Crippen molar-refractivity contribution in [1.29, 1.82) is 0 Å². The minimum Gasteiger partial charge on any atom is -0.310 e. The van der Waals surface area contributed by atoms with E-state index in [2.05, 4.69) is 11.1 Å². The molecule has 2 aliphatic rings. The molecule has 25 heavy (non-hydrogen) atoms. The Kier molecular flexibility index (Phi) is 4.12. The molecule has 0 N–H and O–H groups in total. The Balaban J connectivity index is 1.60. The molecular weight excluding hydrogens is 338 g/mol. The maximum Gasteiger partial charge on any atom is 0.253 e. The van der Waals surface area contributed by atoms with Crippen LogP contribution in [0.1, 0.15) is 37.7 Å². The lowest BCUT2D eigenvalue weighted by Gasteiger charge is -2.24. The molecule has 0 bridgehead atoms. The molecule has 130 valence electrons. The zero-order chi connectivity index (χ0) is 17.4. The number of para-hydroxylation sites is 1. The predicted molar refractivity (Wildman–Crippen MR) is 97.1 cm³/mol. The van der Waals surface area contributed by atoms with Crippen LogP contribution in [0.3, 0.4) is 0 Å². The smallest absolute Gasteiger partial charge is 0.253 e. The van der Waals surface area contributed by atoms with Crippen LogP contribution in [-0.2, 0) is 16.8 Å². The molecule has 1 amide bonds. The lowest BCUT2D eigenvalue weighted by Crippen LogP contribution is -2.36. The summed E-state index contributed by atoms with van der Waals surface area (Å²) in [6.07, 6.45) is 7.78. The molecule has 0 saturated heterocycles. The molecular formula is C19H20ClN3O2. The molecule has 2 aromatic rings. The lowest BCUT2D eigenvalue weighted by atomic mass is 9.81. The van der Waals surface area contributed by atoms with Crippen LogP contribution in [0.15, 0.2) is 41.6 Å². The molecule has 0 unspecified atom stereocenters. The van der Waals surface area contributed by atoms with Crippen LogP contribution in [0.2, 0.25) is 5.02 Å². The van der Waals surface area contributed by atoms with Gasteiger partial charge in [-0.25, -0.2) is 4.98 Å². The highest BCUT2D eigenvalue weighted by atomic mass is 35.5. The van der Waals surface area contributed by atoms with Gasteiger partial charge in [0.2, 0.25) is 5.91 Å². The highest BCUT2D eigenvalue weighted by molar-refractivity contribution is 6.34. The van der Waals surface area contributed by atoms with E-state index in [9.17, 15) is 9.59 Å². The Morgan fingerprint density at radius 2 is 2.04 bits per heavy atom. The van der Waals surface area contributed by atoms with Gasteiger partial charge in [0.15, 0.2) is 0 Å². The minimum absolute atomic E-state index is 0.00822. The number of hydrogen-bond donors (Lipinski definition) is 0. The van der Waals surface area contributed by atoms with E-state index in [4.69, 9.17) is 11.6 Å². The third-order valence-electron chi connectivity index (χ3n) is 5.51. The van der Waals surface area contributed by atoms with Crippen LogP contribution in [0.5, 0.6) is 0 Å². The Bertz CT molecular complexity index is 871. The predicted octanol–water partition coefficient (Wildman–Crippen LogP) is 3.15. The average Bonchev–Trinajstić information content (AvgIpc) is 3.21. The molecule has 1 spiro atoms. The van der Waals surface area contributed by atoms with Gasteiger partial charge in [-0.1, -0.05) is 36.6 Å². The van der Waals surface area contributed by atoms with E-state index in [-0.39, 0.29) is 23.3 Å². The van der Waals surface area contributed by atoms with Gasteiger partial charge >= 0.3 is 0 Å². The number of anilines is 1. The first-order valence-corrected chi connectivity index (χ1v) is 9.08. The number of benzene rings is 1. The van der Waals surface area contributed by atoms with Crippen molar-refractivity contribution in [2.45, 2.75) is 44.1 Å². The van der Waals surface area contributed by atoms with Crippen LogP contribution >= 0.6 is 11.6 Å². The molecule has 1 aromatic heterocycles. The molecule has 5 nitrogen and oxygen atoms in total. The third kappa shape index (κ3) is 2.76. The summed E-state index contributed by atoms with van der Waals surface area (Å²) < 4.78 is 1.47. The highest BCUT2D eigenvalue weighted by Gasteiger charge is 2.46. The number of fused-ring (bicyclic) bond motifs is 2. The van der Waals surface area contributed by atoms with E-state index in [1.165, 1.54) is 41.6 Å². The maximum absolute atomic E-state index is 12.9. The normalized spacial score (nSPS) is 17.9. The van der Waals surface area contributed by atoms with E-state index < -0.39 is 0 Å². The van der Waals surface area contributed by atoms with E-state index in [1.54, 1.807) is 0 Å². The maximum atomic E-state index is 12.9. The Labute approximate surface area is 151 Å². The summed E-state index contributed by atoms with van der Waals surface area (Å²) >= 11 is 6.45. The number of nitrogens with zero attached hydrogens (tertiary/aromatic N) is 3. The van der Waals surface area contributed by atoms with Gasteiger partial charge in [0, 0.05) is 37.2 Å². The average molecular weight is 358 g/mol. The largest absolute Gasteiger partial charge is 0.310 e. The second-order valence-electron chi connectivity index (χ2n) is 6.97. The molecule has 6 heteroatoms. The SMILES string of the molecule is O=C(CCn1cnccc1=O)N1CC2(CCCC2)c2cccc(Cl)c21. The van der Waals surface area contributed by atoms with Gasteiger partial charge in [0.05, 0.1) is 17.0 Å². The van der Waals surface area contributed by atoms with Gasteiger partial charge in [-0.2, -0.15) is 0 Å². The summed E-state index contributed by atoms with van der Waals surface area (Å²) in [5.74, 6) is 0.00822. The molecule has 0 atom stereocenters. The van der Waals surface area contributed by atoms with Crippen molar-refractivity contribution in [1.82, 2.24) is 9.55 Å². The monoisotopic (exact) mass is 357 g/mol. The highest BCUT2D eigenvalue weighted by Crippen LogP contribution is 2.52. The van der Waals surface area contributed by atoms with E-state index in [0.717, 1.165) is 18.5 Å². The first kappa shape index (κ1) is 16.3. The quantitative estimate of drug-likeness (QED) is 0.848. The van der Waals surface area contributed by atoms with Gasteiger partial charge in [-0.3, -0.25) is 14.2 Å². The molecule has 1 aliphatic heterocycles. The van der Waals surface area contributed by atoms with Crippen LogP contribution in [0.4, 0.5) is 5.69 Å². The van der Waals surface area contributed by atoms with Crippen molar-refractivity contribution >= 4 is 23.2 Å². The van der Waals surface area contributed by atoms with Crippen molar-refractivity contribution in [2.24, 2.45) is 0 Å². The fraction of sp³-hybridized carbons (Fsp3) is 0.421. The van der Waals surface area contributed by atoms with Crippen LogP contribution < -0.4 is 10.5 Å². The second-order valence-corrected chi connectivity index (χ2v) is 7.37. The van der Waals surface area contributed by atoms with Crippen molar-refractivity contribution in [2.75, 3.05) is 11.4 Å². The number of carbonyl (C=O) groups is 1. The molecule has 1 aromatic carbocycles. The van der Waals surface area contributed by atoms with Crippen molar-refractivity contribution in [3.63, 3.8) is 0 Å². The molecule has 1 fully saturated rings. The van der Waals surface area contributed by atoms with Crippen LogP contribution in [-0.4, -0.2) is 22.0 Å². The van der Waals surface area contributed by atoms with E-state index >= 15 is 0 Å². The molecule has 2 heterocycles. The van der Waals surface area contributed by atoms with Gasteiger partial charge in [0.25, 0.3) is 5.56 Å². The molecule has 0 radical (unpaired) electrons. The number of aromatic nitrogens is 2. The summed E-state index contributed by atoms with van der Waals surface area (Å²) in [4.78, 5) is 30.5. The van der Waals surface area contributed by atoms with Gasteiger partial charge < -0.3 is 4.90 Å². The number of rotatable bonds is 3. The van der Waals surface area contributed by atoms with Gasteiger partial charge in [-0.05, 0) is 24.5 Å². The fourth-order valence-electron chi connectivity index (χ4n) is 4.27. The zero-order valence-corrected chi connectivity index (χ0v) is 14.7. The van der Waals surface area contributed by atoms with Crippen molar-refractivity contribution in [3.05, 3.63) is 57.7 Å².